The van der Waals surface area contributed by atoms with Gasteiger partial charge in [-0.3, -0.25) is 0 Å². The van der Waals surface area contributed by atoms with E-state index >= 15 is 0 Å². The number of piperidine rings is 2. The van der Waals surface area contributed by atoms with Gasteiger partial charge in [-0.2, -0.15) is 0 Å². The lowest BCUT2D eigenvalue weighted by Gasteiger charge is -2.42. The van der Waals surface area contributed by atoms with Gasteiger partial charge in [-0.25, -0.2) is 0 Å². The molecule has 0 saturated carbocycles. The van der Waals surface area contributed by atoms with Crippen molar-refractivity contribution >= 4 is 0 Å². The predicted molar refractivity (Wildman–Crippen MR) is 234 cm³/mol. The molecular formula is C50H88N2O. The SMILES string of the molecule is C=C(CCC(CCC(=C)C1CCN(C2CCN(CC)CC2)CC1)COC(=C)CCCCCCCCCC/C=C\CCCCC)CC1C=C(CC)CC1C. The second-order valence-electron chi connectivity index (χ2n) is 17.7. The van der Waals surface area contributed by atoms with Gasteiger partial charge in [-0.1, -0.05) is 134 Å². The third-order valence-electron chi connectivity index (χ3n) is 13.4. The van der Waals surface area contributed by atoms with Crippen LogP contribution in [0.15, 0.2) is 60.4 Å². The van der Waals surface area contributed by atoms with E-state index in [-0.39, 0.29) is 0 Å². The molecule has 0 radical (unpaired) electrons. The van der Waals surface area contributed by atoms with Crippen LogP contribution in [-0.2, 0) is 4.74 Å². The highest BCUT2D eigenvalue weighted by Gasteiger charge is 2.29. The number of rotatable bonds is 30. The van der Waals surface area contributed by atoms with Crippen LogP contribution in [0.1, 0.15) is 188 Å². The molecule has 1 aliphatic carbocycles. The molecule has 53 heavy (non-hydrogen) atoms. The highest BCUT2D eigenvalue weighted by Crippen LogP contribution is 2.37. The first-order chi connectivity index (χ1) is 25.8. The first-order valence-electron chi connectivity index (χ1n) is 23.3. The van der Waals surface area contributed by atoms with Crippen LogP contribution in [0.2, 0.25) is 0 Å². The van der Waals surface area contributed by atoms with E-state index in [4.69, 9.17) is 4.74 Å². The highest BCUT2D eigenvalue weighted by atomic mass is 16.5. The minimum Gasteiger partial charge on any atom is -0.498 e. The van der Waals surface area contributed by atoms with E-state index in [1.54, 1.807) is 5.57 Å². The standard InChI is InChI=1S/C50H88N2O/c1-8-11-12-13-14-15-16-17-18-19-20-21-22-23-24-25-45(7)53-41-47(28-26-42(4)38-49-40-46(9-2)39-44(49)6)29-27-43(5)48-30-36-52(37-31-48)50-32-34-51(10-3)35-33-50/h14-15,40,44,47-50H,4-5,7-13,16-39,41H2,1-3,6H3/b15-14-. The van der Waals surface area contributed by atoms with Gasteiger partial charge in [0.25, 0.3) is 0 Å². The van der Waals surface area contributed by atoms with Crippen molar-refractivity contribution in [1.29, 1.82) is 0 Å². The summed E-state index contributed by atoms with van der Waals surface area (Å²) in [4.78, 5) is 5.43. The van der Waals surface area contributed by atoms with Crippen LogP contribution in [0, 0.1) is 23.7 Å². The molecule has 0 N–H and O–H groups in total. The Morgan fingerprint density at radius 2 is 1.40 bits per heavy atom. The van der Waals surface area contributed by atoms with Crippen molar-refractivity contribution in [2.75, 3.05) is 39.3 Å². The molecule has 3 nitrogen and oxygen atoms in total. The first kappa shape index (κ1) is 45.8. The molecule has 0 aromatic heterocycles. The lowest BCUT2D eigenvalue weighted by atomic mass is 9.84. The predicted octanol–water partition coefficient (Wildman–Crippen LogP) is 14.4. The van der Waals surface area contributed by atoms with Crippen LogP contribution < -0.4 is 0 Å². The van der Waals surface area contributed by atoms with Gasteiger partial charge in [0.2, 0.25) is 0 Å². The fraction of sp³-hybridized carbons (Fsp3) is 0.800. The fourth-order valence-corrected chi connectivity index (χ4v) is 9.34. The summed E-state index contributed by atoms with van der Waals surface area (Å²) in [5.41, 5.74) is 4.59. The van der Waals surface area contributed by atoms with Crippen LogP contribution in [0.3, 0.4) is 0 Å². The number of ether oxygens (including phenoxy) is 1. The van der Waals surface area contributed by atoms with Crippen molar-refractivity contribution < 1.29 is 4.74 Å². The van der Waals surface area contributed by atoms with Crippen molar-refractivity contribution in [2.24, 2.45) is 23.7 Å². The van der Waals surface area contributed by atoms with Gasteiger partial charge in [0.05, 0.1) is 12.4 Å². The van der Waals surface area contributed by atoms with Crippen molar-refractivity contribution in [2.45, 2.75) is 194 Å². The molecule has 0 aromatic rings. The zero-order valence-corrected chi connectivity index (χ0v) is 36.0. The topological polar surface area (TPSA) is 15.7 Å². The Morgan fingerprint density at radius 3 is 2.02 bits per heavy atom. The molecule has 3 atom stereocenters. The summed E-state index contributed by atoms with van der Waals surface area (Å²) in [7, 11) is 0. The highest BCUT2D eigenvalue weighted by molar-refractivity contribution is 5.15. The number of likely N-dealkylation sites (tertiary alicyclic amines) is 2. The Kier molecular flexibility index (Phi) is 24.1. The number of unbranched alkanes of at least 4 members (excludes halogenated alkanes) is 11. The summed E-state index contributed by atoms with van der Waals surface area (Å²) < 4.78 is 6.43. The Bertz CT molecular complexity index is 1060. The van der Waals surface area contributed by atoms with Crippen LogP contribution in [-0.4, -0.2) is 55.2 Å². The minimum atomic E-state index is 0.545. The van der Waals surface area contributed by atoms with Gasteiger partial charge in [0.1, 0.15) is 0 Å². The second-order valence-corrected chi connectivity index (χ2v) is 17.7. The minimum absolute atomic E-state index is 0.545. The molecule has 0 spiro atoms. The maximum atomic E-state index is 6.43. The van der Waals surface area contributed by atoms with Crippen molar-refractivity contribution in [3.8, 4) is 0 Å². The summed E-state index contributed by atoms with van der Waals surface area (Å²) in [6.45, 7) is 30.1. The van der Waals surface area contributed by atoms with Crippen LogP contribution >= 0.6 is 0 Å². The summed E-state index contributed by atoms with van der Waals surface area (Å²) in [6, 6.07) is 0.804. The second kappa shape index (κ2) is 27.9. The quantitative estimate of drug-likeness (QED) is 0.0415. The van der Waals surface area contributed by atoms with E-state index in [0.717, 1.165) is 50.0 Å². The third kappa shape index (κ3) is 19.2. The molecule has 304 valence electrons. The Hall–Kier alpha value is -1.58. The van der Waals surface area contributed by atoms with Gasteiger partial charge < -0.3 is 14.5 Å². The monoisotopic (exact) mass is 733 g/mol. The fourth-order valence-electron chi connectivity index (χ4n) is 9.34. The maximum absolute atomic E-state index is 6.43. The van der Waals surface area contributed by atoms with E-state index in [1.165, 1.54) is 179 Å². The van der Waals surface area contributed by atoms with Gasteiger partial charge in [0, 0.05) is 12.5 Å². The summed E-state index contributed by atoms with van der Waals surface area (Å²) in [5, 5.41) is 0. The largest absolute Gasteiger partial charge is 0.498 e. The normalized spacial score (nSPS) is 21.3. The van der Waals surface area contributed by atoms with Crippen molar-refractivity contribution in [1.82, 2.24) is 9.80 Å². The molecule has 2 saturated heterocycles. The molecule has 3 rings (SSSR count). The molecule has 0 amide bonds. The third-order valence-corrected chi connectivity index (χ3v) is 13.4. The molecular weight excluding hydrogens is 645 g/mol. The molecule has 2 fully saturated rings. The van der Waals surface area contributed by atoms with E-state index in [2.05, 4.69) is 75.5 Å². The molecule has 2 heterocycles. The molecule has 3 unspecified atom stereocenters. The smallest absolute Gasteiger partial charge is 0.0905 e. The molecule has 2 aliphatic heterocycles. The summed E-state index contributed by atoms with van der Waals surface area (Å²) in [5.74, 6) is 3.69. The number of hydrogen-bond donors (Lipinski definition) is 0. The Labute approximate surface area is 331 Å². The van der Waals surface area contributed by atoms with Crippen LogP contribution in [0.5, 0.6) is 0 Å². The van der Waals surface area contributed by atoms with E-state index in [1.807, 2.05) is 0 Å². The van der Waals surface area contributed by atoms with Gasteiger partial charge >= 0.3 is 0 Å². The Morgan fingerprint density at radius 1 is 0.774 bits per heavy atom. The van der Waals surface area contributed by atoms with E-state index in [0.29, 0.717) is 17.8 Å². The zero-order chi connectivity index (χ0) is 38.1. The first-order valence-corrected chi connectivity index (χ1v) is 23.3. The van der Waals surface area contributed by atoms with Crippen molar-refractivity contribution in [3.05, 3.63) is 60.4 Å². The Balaban J connectivity index is 1.33. The number of hydrogen-bond acceptors (Lipinski definition) is 3. The van der Waals surface area contributed by atoms with E-state index < -0.39 is 0 Å². The van der Waals surface area contributed by atoms with Gasteiger partial charge in [-0.05, 0) is 159 Å². The van der Waals surface area contributed by atoms with E-state index in [9.17, 15) is 0 Å². The average Bonchev–Trinajstić information content (AvgIpc) is 3.54. The molecule has 0 bridgehead atoms. The molecule has 3 aliphatic rings. The lowest BCUT2D eigenvalue weighted by Crippen LogP contribution is -2.47. The number of nitrogens with zero attached hydrogens (tertiary/aromatic N) is 2. The van der Waals surface area contributed by atoms with Gasteiger partial charge in [0.15, 0.2) is 0 Å². The molecule has 0 aromatic carbocycles. The number of allylic oxidation sites excluding steroid dienone is 7. The van der Waals surface area contributed by atoms with Crippen LogP contribution in [0.4, 0.5) is 0 Å². The maximum Gasteiger partial charge on any atom is 0.0905 e. The average molecular weight is 733 g/mol. The zero-order valence-electron chi connectivity index (χ0n) is 36.0. The van der Waals surface area contributed by atoms with Crippen LogP contribution in [0.25, 0.3) is 0 Å². The van der Waals surface area contributed by atoms with Crippen molar-refractivity contribution in [3.63, 3.8) is 0 Å². The summed E-state index contributed by atoms with van der Waals surface area (Å²) in [6.07, 6.45) is 39.3. The lowest BCUT2D eigenvalue weighted by molar-refractivity contribution is 0.0838. The van der Waals surface area contributed by atoms with Gasteiger partial charge in [-0.15, -0.1) is 0 Å². The molecule has 3 heteroatoms. The summed E-state index contributed by atoms with van der Waals surface area (Å²) >= 11 is 0.